The molecule has 1 unspecified atom stereocenters. The number of fused-ring (bicyclic) bond motifs is 1. The summed E-state index contributed by atoms with van der Waals surface area (Å²) in [7, 11) is 0. The number of hydrogen-bond acceptors (Lipinski definition) is 5. The van der Waals surface area contributed by atoms with Gasteiger partial charge in [-0.05, 0) is 30.5 Å². The third kappa shape index (κ3) is 3.27. The smallest absolute Gasteiger partial charge is 0.257 e. The highest BCUT2D eigenvalue weighted by Crippen LogP contribution is 2.51. The molecule has 0 bridgehead atoms. The third-order valence-corrected chi connectivity index (χ3v) is 7.29. The molecule has 1 aliphatic carbocycles. The minimum absolute atomic E-state index is 0.144. The molecule has 1 aliphatic heterocycles. The van der Waals surface area contributed by atoms with Gasteiger partial charge in [0.15, 0.2) is 6.10 Å². The molecule has 5 rings (SSSR count). The lowest BCUT2D eigenvalue weighted by Crippen LogP contribution is -2.42. The molecule has 1 fully saturated rings. The fraction of sp³-hybridized carbons (Fsp3) is 0.318. The van der Waals surface area contributed by atoms with Crippen LogP contribution in [0.3, 0.4) is 0 Å². The highest BCUT2D eigenvalue weighted by Gasteiger charge is 2.48. The van der Waals surface area contributed by atoms with Gasteiger partial charge < -0.3 is 15.0 Å². The maximum Gasteiger partial charge on any atom is 0.257 e. The predicted octanol–water partition coefficient (Wildman–Crippen LogP) is 3.18. The molecule has 30 heavy (non-hydrogen) atoms. The van der Waals surface area contributed by atoms with Crippen LogP contribution in [0.4, 0.5) is 0 Å². The monoisotopic (exact) mass is 441 g/mol. The van der Waals surface area contributed by atoms with Crippen molar-refractivity contribution in [2.45, 2.75) is 37.3 Å². The van der Waals surface area contributed by atoms with Crippen LogP contribution < -0.4 is 5.56 Å². The number of halogens is 1. The van der Waals surface area contributed by atoms with Crippen molar-refractivity contribution >= 4 is 28.8 Å². The molecule has 3 heterocycles. The quantitative estimate of drug-likeness (QED) is 0.651. The fourth-order valence-electron chi connectivity index (χ4n) is 4.15. The van der Waals surface area contributed by atoms with Crippen molar-refractivity contribution < 1.29 is 9.90 Å². The first-order valence-corrected chi connectivity index (χ1v) is 11.1. The number of aromatic amines is 1. The summed E-state index contributed by atoms with van der Waals surface area (Å²) >= 11 is 7.09. The number of nitrogens with zero attached hydrogens (tertiary/aromatic N) is 2. The zero-order valence-electron chi connectivity index (χ0n) is 16.1. The van der Waals surface area contributed by atoms with E-state index in [1.807, 2.05) is 18.2 Å². The summed E-state index contributed by atoms with van der Waals surface area (Å²) in [6, 6.07) is 13.4. The first kappa shape index (κ1) is 19.5. The molecule has 0 radical (unpaired) electrons. The minimum Gasteiger partial charge on any atom is -0.378 e. The first-order valence-electron chi connectivity index (χ1n) is 9.88. The highest BCUT2D eigenvalue weighted by atomic mass is 35.5. The average Bonchev–Trinajstić information content (AvgIpc) is 3.48. The van der Waals surface area contributed by atoms with Crippen molar-refractivity contribution in [3.05, 3.63) is 84.7 Å². The normalized spacial score (nSPS) is 18.0. The maximum absolute atomic E-state index is 12.9. The van der Waals surface area contributed by atoms with Crippen molar-refractivity contribution in [3.8, 4) is 0 Å². The van der Waals surface area contributed by atoms with Crippen LogP contribution in [-0.2, 0) is 23.2 Å². The number of amides is 1. The van der Waals surface area contributed by atoms with Gasteiger partial charge >= 0.3 is 0 Å². The van der Waals surface area contributed by atoms with Crippen LogP contribution in [0.15, 0.2) is 47.3 Å². The summed E-state index contributed by atoms with van der Waals surface area (Å²) in [6.07, 6.45) is 1.13. The molecule has 3 aromatic rings. The summed E-state index contributed by atoms with van der Waals surface area (Å²) in [5.41, 5.74) is 1.99. The average molecular weight is 442 g/mol. The van der Waals surface area contributed by atoms with Gasteiger partial charge in [-0.2, -0.15) is 0 Å². The second-order valence-electron chi connectivity index (χ2n) is 7.84. The molecule has 0 saturated heterocycles. The lowest BCUT2D eigenvalue weighted by atomic mass is 9.94. The third-order valence-electron chi connectivity index (χ3n) is 6.01. The Kier molecular flexibility index (Phi) is 4.76. The van der Waals surface area contributed by atoms with Gasteiger partial charge in [-0.25, -0.2) is 4.98 Å². The van der Waals surface area contributed by atoms with Gasteiger partial charge in [-0.1, -0.05) is 41.9 Å². The van der Waals surface area contributed by atoms with E-state index in [1.165, 1.54) is 21.8 Å². The molecule has 8 heteroatoms. The second kappa shape index (κ2) is 7.34. The van der Waals surface area contributed by atoms with E-state index in [9.17, 15) is 14.7 Å². The van der Waals surface area contributed by atoms with Crippen molar-refractivity contribution in [1.82, 2.24) is 14.9 Å². The zero-order chi connectivity index (χ0) is 20.9. The van der Waals surface area contributed by atoms with Gasteiger partial charge in [-0.15, -0.1) is 11.3 Å². The Bertz CT molecular complexity index is 1170. The van der Waals surface area contributed by atoms with Crippen LogP contribution >= 0.6 is 22.9 Å². The van der Waals surface area contributed by atoms with Gasteiger partial charge in [0.2, 0.25) is 0 Å². The number of hydrogen-bond donors (Lipinski definition) is 2. The molecule has 2 N–H and O–H groups in total. The van der Waals surface area contributed by atoms with Crippen LogP contribution in [0, 0.1) is 0 Å². The Morgan fingerprint density at radius 1 is 1.23 bits per heavy atom. The first-order chi connectivity index (χ1) is 14.5. The lowest BCUT2D eigenvalue weighted by molar-refractivity contribution is -0.141. The van der Waals surface area contributed by atoms with E-state index in [-0.39, 0.29) is 17.5 Å². The summed E-state index contributed by atoms with van der Waals surface area (Å²) in [6.45, 7) is 0.557. The van der Waals surface area contributed by atoms with E-state index in [4.69, 9.17) is 16.6 Å². The van der Waals surface area contributed by atoms with Gasteiger partial charge in [-0.3, -0.25) is 9.59 Å². The Balaban J connectivity index is 1.41. The Labute approximate surface area is 182 Å². The molecule has 1 saturated carbocycles. The van der Waals surface area contributed by atoms with E-state index < -0.39 is 12.0 Å². The van der Waals surface area contributed by atoms with Crippen LogP contribution in [0.25, 0.3) is 0 Å². The van der Waals surface area contributed by atoms with Crippen LogP contribution in [-0.4, -0.2) is 32.4 Å². The van der Waals surface area contributed by atoms with Crippen LogP contribution in [0.5, 0.6) is 0 Å². The van der Waals surface area contributed by atoms with Gasteiger partial charge in [0.05, 0.1) is 27.6 Å². The number of benzene rings is 1. The number of carbonyl (C=O) groups excluding carboxylic acids is 1. The summed E-state index contributed by atoms with van der Waals surface area (Å²) in [5, 5.41) is 10.4. The van der Waals surface area contributed by atoms with Gasteiger partial charge in [0.1, 0.15) is 5.82 Å². The largest absolute Gasteiger partial charge is 0.378 e. The van der Waals surface area contributed by atoms with Crippen molar-refractivity contribution in [1.29, 1.82) is 0 Å². The molecular formula is C22H20ClN3O3S. The molecule has 6 nitrogen and oxygen atoms in total. The summed E-state index contributed by atoms with van der Waals surface area (Å²) in [5.74, 6) is 0.288. The van der Waals surface area contributed by atoms with E-state index >= 15 is 0 Å². The number of aliphatic hydroxyl groups is 1. The molecule has 1 atom stereocenters. The van der Waals surface area contributed by atoms with Crippen LogP contribution in [0.2, 0.25) is 4.34 Å². The predicted molar refractivity (Wildman–Crippen MR) is 115 cm³/mol. The molecule has 2 aromatic heterocycles. The van der Waals surface area contributed by atoms with Crippen molar-refractivity contribution in [2.75, 3.05) is 6.54 Å². The molecule has 1 amide bonds. The Hall–Kier alpha value is -2.48. The summed E-state index contributed by atoms with van der Waals surface area (Å²) < 4.78 is 0.515. The molecular weight excluding hydrogens is 422 g/mol. The number of H-pyrrole nitrogens is 1. The van der Waals surface area contributed by atoms with E-state index in [0.29, 0.717) is 33.6 Å². The zero-order valence-corrected chi connectivity index (χ0v) is 17.7. The van der Waals surface area contributed by atoms with Crippen LogP contribution in [0.1, 0.15) is 46.5 Å². The van der Waals surface area contributed by atoms with E-state index in [1.54, 1.807) is 12.1 Å². The Morgan fingerprint density at radius 2 is 2.00 bits per heavy atom. The number of carbonyl (C=O) groups is 1. The highest BCUT2D eigenvalue weighted by molar-refractivity contribution is 7.16. The lowest BCUT2D eigenvalue weighted by Gasteiger charge is -2.30. The second-order valence-corrected chi connectivity index (χ2v) is 9.59. The molecule has 154 valence electrons. The fourth-order valence-corrected chi connectivity index (χ4v) is 5.19. The summed E-state index contributed by atoms with van der Waals surface area (Å²) in [4.78, 5) is 35.5. The Morgan fingerprint density at radius 3 is 2.67 bits per heavy atom. The molecule has 1 aromatic carbocycles. The number of rotatable bonds is 4. The van der Waals surface area contributed by atoms with Crippen molar-refractivity contribution in [2.24, 2.45) is 0 Å². The van der Waals surface area contributed by atoms with Crippen molar-refractivity contribution in [3.63, 3.8) is 0 Å². The standard InChI is InChI=1S/C22H20ClN3O3S/c23-17-7-6-16(30-17)18(27)20(29)26-11-8-15-14(12-26)19(28)25-21(24-15)22(9-10-22)13-4-2-1-3-5-13/h1-7,18,27H,8-12H2,(H,24,25,28). The van der Waals surface area contributed by atoms with E-state index in [2.05, 4.69) is 17.1 Å². The topological polar surface area (TPSA) is 86.3 Å². The number of aromatic nitrogens is 2. The number of thiophene rings is 1. The maximum atomic E-state index is 12.9. The number of aliphatic hydroxyl groups excluding tert-OH is 1. The van der Waals surface area contributed by atoms with Gasteiger partial charge in [0.25, 0.3) is 11.5 Å². The number of nitrogens with one attached hydrogen (secondary N) is 1. The van der Waals surface area contributed by atoms with Gasteiger partial charge in [0, 0.05) is 17.8 Å². The minimum atomic E-state index is -1.27. The molecule has 2 aliphatic rings. The van der Waals surface area contributed by atoms with E-state index in [0.717, 1.165) is 18.5 Å². The molecule has 0 spiro atoms. The SMILES string of the molecule is O=C(C(O)c1ccc(Cl)s1)N1CCc2nc(C3(c4ccccc4)CC3)[nH]c(=O)c2C1.